The monoisotopic (exact) mass is 259 g/mol. The summed E-state index contributed by atoms with van der Waals surface area (Å²) in [7, 11) is 0. The van der Waals surface area contributed by atoms with E-state index in [-0.39, 0.29) is 11.8 Å². The fourth-order valence-electron chi connectivity index (χ4n) is 2.03. The zero-order valence-electron chi connectivity index (χ0n) is 11.0. The molecule has 0 fully saturated rings. The molecular formula is C13H17N5O. The smallest absolute Gasteiger partial charge is 0.243 e. The van der Waals surface area contributed by atoms with Crippen molar-refractivity contribution in [3.63, 3.8) is 0 Å². The van der Waals surface area contributed by atoms with Gasteiger partial charge in [-0.2, -0.15) is 5.10 Å². The summed E-state index contributed by atoms with van der Waals surface area (Å²) in [4.78, 5) is 16.2. The first-order valence-electron chi connectivity index (χ1n) is 6.05. The molecule has 1 aromatic carbocycles. The fourth-order valence-corrected chi connectivity index (χ4v) is 2.03. The maximum atomic E-state index is 11.9. The third kappa shape index (κ3) is 2.97. The van der Waals surface area contributed by atoms with Crippen LogP contribution in [0.15, 0.2) is 30.3 Å². The topological polar surface area (TPSA) is 85.8 Å². The Morgan fingerprint density at radius 3 is 2.58 bits per heavy atom. The van der Waals surface area contributed by atoms with E-state index in [4.69, 9.17) is 5.84 Å². The van der Waals surface area contributed by atoms with Gasteiger partial charge in [-0.3, -0.25) is 10.2 Å². The molecule has 1 unspecified atom stereocenters. The molecule has 0 saturated carbocycles. The van der Waals surface area contributed by atoms with E-state index in [1.165, 1.54) is 0 Å². The number of nitrogens with two attached hydrogens (primary N) is 1. The Labute approximate surface area is 111 Å². The molecule has 0 aliphatic rings. The molecule has 0 spiro atoms. The van der Waals surface area contributed by atoms with Crippen LogP contribution in [0.3, 0.4) is 0 Å². The Hall–Kier alpha value is -2.21. The van der Waals surface area contributed by atoms with Crippen molar-refractivity contribution in [3.05, 3.63) is 47.5 Å². The van der Waals surface area contributed by atoms with Crippen molar-refractivity contribution in [3.8, 4) is 0 Å². The number of carbonyl (C=O) groups is 1. The number of aryl methyl sites for hydroxylation is 2. The lowest BCUT2D eigenvalue weighted by Gasteiger charge is -2.16. The molecule has 1 aromatic heterocycles. The van der Waals surface area contributed by atoms with Gasteiger partial charge in [0.2, 0.25) is 5.91 Å². The van der Waals surface area contributed by atoms with Crippen LogP contribution in [0.5, 0.6) is 0 Å². The summed E-state index contributed by atoms with van der Waals surface area (Å²) >= 11 is 0. The summed E-state index contributed by atoms with van der Waals surface area (Å²) in [6.45, 7) is 4.10. The van der Waals surface area contributed by atoms with Crippen LogP contribution in [-0.4, -0.2) is 20.7 Å². The highest BCUT2D eigenvalue weighted by Gasteiger charge is 2.21. The lowest BCUT2D eigenvalue weighted by Crippen LogP contribution is -2.36. The first-order valence-corrected chi connectivity index (χ1v) is 6.05. The van der Waals surface area contributed by atoms with Crippen molar-refractivity contribution < 1.29 is 4.79 Å². The predicted molar refractivity (Wildman–Crippen MR) is 71.0 cm³/mol. The summed E-state index contributed by atoms with van der Waals surface area (Å²) < 4.78 is 1.72. The van der Waals surface area contributed by atoms with Crippen molar-refractivity contribution in [2.75, 3.05) is 0 Å². The highest BCUT2D eigenvalue weighted by atomic mass is 16.2. The minimum absolute atomic E-state index is 0.237. The quantitative estimate of drug-likeness (QED) is 0.480. The minimum Gasteiger partial charge on any atom is -0.294 e. The number of nitrogens with one attached hydrogen (secondary N) is 1. The normalized spacial score (nSPS) is 12.2. The number of hydrogen-bond donors (Lipinski definition) is 2. The summed E-state index contributed by atoms with van der Waals surface area (Å²) in [5.41, 5.74) is 3.11. The standard InChI is InChI=1S/C13H17N5O/c1-9-15-10(2)18(17-9)8-12(13(19)16-14)11-6-4-3-5-7-11/h3-7,12H,8,14H2,1-2H3,(H,16,19). The number of carbonyl (C=O) groups excluding carboxylic acids is 1. The maximum Gasteiger partial charge on any atom is 0.243 e. The Balaban J connectivity index is 2.29. The van der Waals surface area contributed by atoms with Crippen LogP contribution in [0.2, 0.25) is 0 Å². The third-order valence-electron chi connectivity index (χ3n) is 2.98. The summed E-state index contributed by atoms with van der Waals surface area (Å²) in [6, 6.07) is 9.50. The van der Waals surface area contributed by atoms with Crippen LogP contribution in [-0.2, 0) is 11.3 Å². The van der Waals surface area contributed by atoms with Gasteiger partial charge < -0.3 is 0 Å². The largest absolute Gasteiger partial charge is 0.294 e. The first-order chi connectivity index (χ1) is 9.11. The van der Waals surface area contributed by atoms with Crippen LogP contribution < -0.4 is 11.3 Å². The van der Waals surface area contributed by atoms with Crippen LogP contribution in [0.25, 0.3) is 0 Å². The Morgan fingerprint density at radius 1 is 1.37 bits per heavy atom. The maximum absolute atomic E-state index is 11.9. The summed E-state index contributed by atoms with van der Waals surface area (Å²) in [6.07, 6.45) is 0. The van der Waals surface area contributed by atoms with Gasteiger partial charge in [-0.05, 0) is 19.4 Å². The van der Waals surface area contributed by atoms with Crippen molar-refractivity contribution in [2.45, 2.75) is 26.3 Å². The third-order valence-corrected chi connectivity index (χ3v) is 2.98. The molecule has 100 valence electrons. The average Bonchev–Trinajstić information content (AvgIpc) is 2.74. The zero-order valence-corrected chi connectivity index (χ0v) is 11.0. The minimum atomic E-state index is -0.383. The molecule has 2 aromatic rings. The van der Waals surface area contributed by atoms with E-state index in [2.05, 4.69) is 15.5 Å². The van der Waals surface area contributed by atoms with Crippen molar-refractivity contribution >= 4 is 5.91 Å². The van der Waals surface area contributed by atoms with E-state index in [9.17, 15) is 4.79 Å². The Morgan fingerprint density at radius 2 is 2.05 bits per heavy atom. The van der Waals surface area contributed by atoms with Gasteiger partial charge in [0, 0.05) is 0 Å². The number of nitrogens with zero attached hydrogens (tertiary/aromatic N) is 3. The lowest BCUT2D eigenvalue weighted by molar-refractivity contribution is -0.123. The molecular weight excluding hydrogens is 242 g/mol. The molecule has 3 N–H and O–H groups in total. The van der Waals surface area contributed by atoms with Crippen LogP contribution in [0.4, 0.5) is 0 Å². The van der Waals surface area contributed by atoms with E-state index >= 15 is 0 Å². The highest BCUT2D eigenvalue weighted by Crippen LogP contribution is 2.18. The number of amides is 1. The number of rotatable bonds is 4. The summed E-state index contributed by atoms with van der Waals surface area (Å²) in [5.74, 6) is 6.11. The van der Waals surface area contributed by atoms with Gasteiger partial charge in [0.05, 0.1) is 12.5 Å². The second-order valence-electron chi connectivity index (χ2n) is 4.36. The molecule has 1 heterocycles. The molecule has 6 heteroatoms. The lowest BCUT2D eigenvalue weighted by atomic mass is 9.98. The van der Waals surface area contributed by atoms with Crippen LogP contribution in [0.1, 0.15) is 23.1 Å². The SMILES string of the molecule is Cc1nc(C)n(CC(C(=O)NN)c2ccccc2)n1. The Bertz CT molecular complexity index is 564. The van der Waals surface area contributed by atoms with Gasteiger partial charge >= 0.3 is 0 Å². The van der Waals surface area contributed by atoms with Gasteiger partial charge in [0.25, 0.3) is 0 Å². The van der Waals surface area contributed by atoms with E-state index in [0.717, 1.165) is 11.4 Å². The van der Waals surface area contributed by atoms with E-state index in [1.807, 2.05) is 44.2 Å². The molecule has 6 nitrogen and oxygen atoms in total. The molecule has 0 radical (unpaired) electrons. The van der Waals surface area contributed by atoms with Crippen LogP contribution in [0, 0.1) is 13.8 Å². The predicted octanol–water partition coefficient (Wildman–Crippen LogP) is 0.669. The molecule has 1 atom stereocenters. The van der Waals surface area contributed by atoms with Crippen molar-refractivity contribution in [1.29, 1.82) is 0 Å². The number of benzene rings is 1. The highest BCUT2D eigenvalue weighted by molar-refractivity contribution is 5.82. The molecule has 1 amide bonds. The van der Waals surface area contributed by atoms with Crippen molar-refractivity contribution in [1.82, 2.24) is 20.2 Å². The first kappa shape index (κ1) is 13.2. The van der Waals surface area contributed by atoms with Gasteiger partial charge in [-0.25, -0.2) is 15.5 Å². The number of hydrogen-bond acceptors (Lipinski definition) is 4. The van der Waals surface area contributed by atoms with Gasteiger partial charge in [-0.1, -0.05) is 30.3 Å². The number of aromatic nitrogens is 3. The number of hydrazine groups is 1. The molecule has 0 saturated heterocycles. The zero-order chi connectivity index (χ0) is 13.8. The Kier molecular flexibility index (Phi) is 3.91. The molecule has 0 bridgehead atoms. The second-order valence-corrected chi connectivity index (χ2v) is 4.36. The van der Waals surface area contributed by atoms with Crippen LogP contribution >= 0.6 is 0 Å². The molecule has 19 heavy (non-hydrogen) atoms. The van der Waals surface area contributed by atoms with Gasteiger partial charge in [0.15, 0.2) is 0 Å². The molecule has 0 aliphatic carbocycles. The van der Waals surface area contributed by atoms with E-state index in [0.29, 0.717) is 12.4 Å². The second kappa shape index (κ2) is 5.62. The summed E-state index contributed by atoms with van der Waals surface area (Å²) in [5, 5.41) is 4.28. The fraction of sp³-hybridized carbons (Fsp3) is 0.308. The van der Waals surface area contributed by atoms with Gasteiger partial charge in [0.1, 0.15) is 11.6 Å². The average molecular weight is 259 g/mol. The molecule has 2 rings (SSSR count). The van der Waals surface area contributed by atoms with Gasteiger partial charge in [-0.15, -0.1) is 0 Å². The molecule has 0 aliphatic heterocycles. The van der Waals surface area contributed by atoms with E-state index in [1.54, 1.807) is 4.68 Å². The van der Waals surface area contributed by atoms with Crippen molar-refractivity contribution in [2.24, 2.45) is 5.84 Å². The van der Waals surface area contributed by atoms with E-state index < -0.39 is 0 Å².